The molecular weight excluding hydrogens is 134 g/mol. The number of rotatable bonds is 0. The first-order chi connectivity index (χ1) is 5.29. The van der Waals surface area contributed by atoms with Gasteiger partial charge in [-0.15, -0.1) is 0 Å². The molecule has 1 aliphatic heterocycles. The van der Waals surface area contributed by atoms with E-state index < -0.39 is 0 Å². The van der Waals surface area contributed by atoms with E-state index >= 15 is 0 Å². The molecule has 0 aromatic carbocycles. The minimum absolute atomic E-state index is 1.02. The molecule has 1 aliphatic rings. The molecule has 0 spiro atoms. The highest BCUT2D eigenvalue weighted by atomic mass is 14.7. The summed E-state index contributed by atoms with van der Waals surface area (Å²) in [6, 6.07) is 0. The standard InChI is InChI=1S/C8H11N.C2H6/c1-7-5-3-4-6-8(2)9-7;1-2/h3,5-6H,4H2,1-2H3;1-2H3. The normalized spacial score (nSPS) is 15.6. The highest BCUT2D eigenvalue weighted by molar-refractivity contribution is 5.93. The number of aliphatic imine (C=N–C) groups is 1. The molecule has 0 bridgehead atoms. The summed E-state index contributed by atoms with van der Waals surface area (Å²) in [5.74, 6) is 0. The van der Waals surface area contributed by atoms with Crippen LogP contribution in [0.5, 0.6) is 0 Å². The number of hydrogen-bond donors (Lipinski definition) is 0. The molecule has 0 unspecified atom stereocenters. The SMILES string of the molecule is CC.CC1=CCC=CC(C)=N1. The Kier molecular flexibility index (Phi) is 5.44. The Balaban J connectivity index is 0.000000461. The van der Waals surface area contributed by atoms with Crippen molar-refractivity contribution in [1.29, 1.82) is 0 Å². The Morgan fingerprint density at radius 2 is 1.91 bits per heavy atom. The van der Waals surface area contributed by atoms with Crippen LogP contribution in [-0.4, -0.2) is 5.71 Å². The third-order valence-electron chi connectivity index (χ3n) is 1.26. The molecule has 11 heavy (non-hydrogen) atoms. The van der Waals surface area contributed by atoms with Crippen LogP contribution in [0.1, 0.15) is 34.1 Å². The number of nitrogens with zero attached hydrogens (tertiary/aromatic N) is 1. The average molecular weight is 151 g/mol. The van der Waals surface area contributed by atoms with Crippen molar-refractivity contribution < 1.29 is 0 Å². The van der Waals surface area contributed by atoms with Crippen LogP contribution < -0.4 is 0 Å². The van der Waals surface area contributed by atoms with E-state index in [1.165, 1.54) is 0 Å². The highest BCUT2D eigenvalue weighted by Crippen LogP contribution is 2.03. The molecule has 0 radical (unpaired) electrons. The summed E-state index contributed by atoms with van der Waals surface area (Å²) >= 11 is 0. The van der Waals surface area contributed by atoms with E-state index in [1.807, 2.05) is 33.8 Å². The summed E-state index contributed by atoms with van der Waals surface area (Å²) in [5.41, 5.74) is 2.22. The Bertz CT molecular complexity index is 185. The molecule has 1 heteroatoms. The first kappa shape index (κ1) is 10.2. The fourth-order valence-corrected chi connectivity index (χ4v) is 0.838. The van der Waals surface area contributed by atoms with Gasteiger partial charge in [-0.3, -0.25) is 4.99 Å². The molecule has 0 atom stereocenters. The molecule has 0 N–H and O–H groups in total. The Labute approximate surface area is 69.5 Å². The van der Waals surface area contributed by atoms with Crippen molar-refractivity contribution in [2.75, 3.05) is 0 Å². The summed E-state index contributed by atoms with van der Waals surface area (Å²) in [6.45, 7) is 8.04. The summed E-state index contributed by atoms with van der Waals surface area (Å²) in [6.07, 6.45) is 7.31. The average Bonchev–Trinajstić information content (AvgIpc) is 2.18. The lowest BCUT2D eigenvalue weighted by Crippen LogP contribution is -1.81. The molecule has 0 aliphatic carbocycles. The van der Waals surface area contributed by atoms with Crippen LogP contribution in [0.15, 0.2) is 28.9 Å². The first-order valence-electron chi connectivity index (χ1n) is 4.17. The first-order valence-corrected chi connectivity index (χ1v) is 4.17. The van der Waals surface area contributed by atoms with Gasteiger partial charge in [0.1, 0.15) is 0 Å². The van der Waals surface area contributed by atoms with Gasteiger partial charge in [0.05, 0.1) is 0 Å². The number of hydrogen-bond acceptors (Lipinski definition) is 1. The van der Waals surface area contributed by atoms with Crippen molar-refractivity contribution in [2.24, 2.45) is 4.99 Å². The zero-order valence-corrected chi connectivity index (χ0v) is 7.89. The second kappa shape index (κ2) is 5.90. The lowest BCUT2D eigenvalue weighted by Gasteiger charge is -1.88. The second-order valence-corrected chi connectivity index (χ2v) is 2.24. The van der Waals surface area contributed by atoms with Crippen LogP contribution in [-0.2, 0) is 0 Å². The van der Waals surface area contributed by atoms with E-state index in [0.29, 0.717) is 0 Å². The largest absolute Gasteiger partial charge is 0.259 e. The number of allylic oxidation sites excluding steroid dienone is 4. The molecule has 0 fully saturated rings. The molecule has 62 valence electrons. The topological polar surface area (TPSA) is 12.4 Å². The van der Waals surface area contributed by atoms with Gasteiger partial charge in [-0.2, -0.15) is 0 Å². The van der Waals surface area contributed by atoms with Gasteiger partial charge < -0.3 is 0 Å². The van der Waals surface area contributed by atoms with Gasteiger partial charge in [-0.1, -0.05) is 26.0 Å². The summed E-state index contributed by atoms with van der Waals surface area (Å²) in [5, 5.41) is 0. The molecule has 0 aromatic heterocycles. The highest BCUT2D eigenvalue weighted by Gasteiger charge is 1.89. The van der Waals surface area contributed by atoms with E-state index in [9.17, 15) is 0 Å². The van der Waals surface area contributed by atoms with Crippen LogP contribution >= 0.6 is 0 Å². The third kappa shape index (κ3) is 4.54. The zero-order chi connectivity index (χ0) is 8.69. The minimum atomic E-state index is 1.02. The van der Waals surface area contributed by atoms with E-state index in [-0.39, 0.29) is 0 Å². The smallest absolute Gasteiger partial charge is 0.0372 e. The Morgan fingerprint density at radius 1 is 1.27 bits per heavy atom. The Hall–Kier alpha value is -0.850. The summed E-state index contributed by atoms with van der Waals surface area (Å²) < 4.78 is 0. The van der Waals surface area contributed by atoms with Crippen LogP contribution in [0.4, 0.5) is 0 Å². The predicted molar refractivity (Wildman–Crippen MR) is 52.0 cm³/mol. The molecule has 0 saturated carbocycles. The second-order valence-electron chi connectivity index (χ2n) is 2.24. The van der Waals surface area contributed by atoms with Crippen molar-refractivity contribution in [3.63, 3.8) is 0 Å². The van der Waals surface area contributed by atoms with Gasteiger partial charge in [0.15, 0.2) is 0 Å². The maximum atomic E-state index is 4.27. The zero-order valence-electron chi connectivity index (χ0n) is 7.89. The molecule has 1 nitrogen and oxygen atoms in total. The van der Waals surface area contributed by atoms with Crippen molar-refractivity contribution >= 4 is 5.71 Å². The maximum absolute atomic E-state index is 4.27. The molecule has 1 rings (SSSR count). The van der Waals surface area contributed by atoms with E-state index in [0.717, 1.165) is 17.8 Å². The van der Waals surface area contributed by atoms with Crippen LogP contribution in [0, 0.1) is 0 Å². The van der Waals surface area contributed by atoms with Crippen LogP contribution in [0.25, 0.3) is 0 Å². The fraction of sp³-hybridized carbons (Fsp3) is 0.500. The molecule has 1 heterocycles. The lowest BCUT2D eigenvalue weighted by molar-refractivity contribution is 1.25. The maximum Gasteiger partial charge on any atom is 0.0372 e. The molecule has 0 saturated heterocycles. The van der Waals surface area contributed by atoms with Gasteiger partial charge >= 0.3 is 0 Å². The minimum Gasteiger partial charge on any atom is -0.259 e. The van der Waals surface area contributed by atoms with E-state index in [2.05, 4.69) is 17.1 Å². The van der Waals surface area contributed by atoms with Crippen molar-refractivity contribution in [3.8, 4) is 0 Å². The van der Waals surface area contributed by atoms with Crippen LogP contribution in [0.3, 0.4) is 0 Å². The predicted octanol–water partition coefficient (Wildman–Crippen LogP) is 3.34. The van der Waals surface area contributed by atoms with Crippen molar-refractivity contribution in [2.45, 2.75) is 34.1 Å². The fourth-order valence-electron chi connectivity index (χ4n) is 0.838. The van der Waals surface area contributed by atoms with Gasteiger partial charge in [0.2, 0.25) is 0 Å². The molecule has 0 aromatic rings. The van der Waals surface area contributed by atoms with Crippen LogP contribution in [0.2, 0.25) is 0 Å². The van der Waals surface area contributed by atoms with Crippen molar-refractivity contribution in [3.05, 3.63) is 23.9 Å². The monoisotopic (exact) mass is 151 g/mol. The summed E-state index contributed by atoms with van der Waals surface area (Å²) in [4.78, 5) is 4.27. The van der Waals surface area contributed by atoms with Gasteiger partial charge in [-0.25, -0.2) is 0 Å². The summed E-state index contributed by atoms with van der Waals surface area (Å²) in [7, 11) is 0. The Morgan fingerprint density at radius 3 is 2.55 bits per heavy atom. The van der Waals surface area contributed by atoms with Crippen molar-refractivity contribution in [1.82, 2.24) is 0 Å². The van der Waals surface area contributed by atoms with E-state index in [4.69, 9.17) is 0 Å². The lowest BCUT2D eigenvalue weighted by atomic mass is 10.3. The van der Waals surface area contributed by atoms with Gasteiger partial charge in [0, 0.05) is 11.4 Å². The van der Waals surface area contributed by atoms with Gasteiger partial charge in [-0.05, 0) is 26.3 Å². The van der Waals surface area contributed by atoms with E-state index in [1.54, 1.807) is 0 Å². The third-order valence-corrected chi connectivity index (χ3v) is 1.26. The van der Waals surface area contributed by atoms with Gasteiger partial charge in [0.25, 0.3) is 0 Å². The quantitative estimate of drug-likeness (QED) is 0.503. The molecular formula is C10H17N. The molecule has 0 amide bonds.